The normalized spacial score (nSPS) is 9.84. The third-order valence-corrected chi connectivity index (χ3v) is 2.34. The lowest BCUT2D eigenvalue weighted by molar-refractivity contribution is -0.141. The quantitative estimate of drug-likeness (QED) is 0.824. The van der Waals surface area contributed by atoms with Gasteiger partial charge in [-0.15, -0.1) is 0 Å². The first-order chi connectivity index (χ1) is 9.02. The summed E-state index contributed by atoms with van der Waals surface area (Å²) in [4.78, 5) is 24.1. The first-order valence-electron chi connectivity index (χ1n) is 5.92. The van der Waals surface area contributed by atoms with Gasteiger partial charge < -0.3 is 15.0 Å². The molecule has 1 aromatic carbocycles. The average molecular weight is 268 g/mol. The summed E-state index contributed by atoms with van der Waals surface area (Å²) in [5, 5.41) is 2.42. The number of carbonyl (C=O) groups is 2. The standard InChI is InChI=1S/C13H17FN2O3/c1-3-19-12(17)8-15-13(18)16(2)9-10-5-4-6-11(14)7-10/h4-7H,3,8-9H2,1-2H3,(H,15,18). The third-order valence-electron chi connectivity index (χ3n) is 2.34. The summed E-state index contributed by atoms with van der Waals surface area (Å²) in [5.41, 5.74) is 0.675. The van der Waals surface area contributed by atoms with Gasteiger partial charge in [-0.3, -0.25) is 4.79 Å². The molecule has 0 radical (unpaired) electrons. The molecule has 1 aromatic rings. The van der Waals surface area contributed by atoms with E-state index in [0.29, 0.717) is 5.56 Å². The van der Waals surface area contributed by atoms with Gasteiger partial charge in [-0.05, 0) is 24.6 Å². The lowest BCUT2D eigenvalue weighted by atomic mass is 10.2. The third kappa shape index (κ3) is 5.37. The lowest BCUT2D eigenvalue weighted by Gasteiger charge is -2.17. The molecule has 104 valence electrons. The molecular weight excluding hydrogens is 251 g/mol. The number of benzene rings is 1. The minimum Gasteiger partial charge on any atom is -0.465 e. The zero-order valence-electron chi connectivity index (χ0n) is 11.0. The smallest absolute Gasteiger partial charge is 0.325 e. The summed E-state index contributed by atoms with van der Waals surface area (Å²) in [6, 6.07) is 5.57. The Morgan fingerprint density at radius 3 is 2.79 bits per heavy atom. The van der Waals surface area contributed by atoms with Crippen molar-refractivity contribution >= 4 is 12.0 Å². The van der Waals surface area contributed by atoms with Crippen LogP contribution in [0.25, 0.3) is 0 Å². The second-order valence-corrected chi connectivity index (χ2v) is 3.95. The second-order valence-electron chi connectivity index (χ2n) is 3.95. The largest absolute Gasteiger partial charge is 0.465 e. The number of nitrogens with one attached hydrogen (secondary N) is 1. The van der Waals surface area contributed by atoms with Crippen LogP contribution in [0.5, 0.6) is 0 Å². The van der Waals surface area contributed by atoms with Gasteiger partial charge in [-0.1, -0.05) is 12.1 Å². The Morgan fingerprint density at radius 1 is 1.42 bits per heavy atom. The van der Waals surface area contributed by atoms with Crippen molar-refractivity contribution in [2.75, 3.05) is 20.2 Å². The lowest BCUT2D eigenvalue weighted by Crippen LogP contribution is -2.39. The number of hydrogen-bond donors (Lipinski definition) is 1. The number of urea groups is 1. The van der Waals surface area contributed by atoms with E-state index >= 15 is 0 Å². The van der Waals surface area contributed by atoms with Gasteiger partial charge in [0.25, 0.3) is 0 Å². The van der Waals surface area contributed by atoms with E-state index < -0.39 is 12.0 Å². The molecule has 0 saturated carbocycles. The summed E-state index contributed by atoms with van der Waals surface area (Å²) >= 11 is 0. The fourth-order valence-corrected chi connectivity index (χ4v) is 1.48. The van der Waals surface area contributed by atoms with Gasteiger partial charge in [0.15, 0.2) is 0 Å². The molecule has 0 aliphatic carbocycles. The highest BCUT2D eigenvalue weighted by atomic mass is 19.1. The summed E-state index contributed by atoms with van der Waals surface area (Å²) in [7, 11) is 1.56. The molecule has 0 bridgehead atoms. The number of ether oxygens (including phenoxy) is 1. The molecule has 0 spiro atoms. The number of nitrogens with zero attached hydrogens (tertiary/aromatic N) is 1. The van der Waals surface area contributed by atoms with E-state index in [4.69, 9.17) is 0 Å². The van der Waals surface area contributed by atoms with E-state index in [1.54, 1.807) is 26.1 Å². The molecule has 0 aliphatic heterocycles. The molecular formula is C13H17FN2O3. The number of amides is 2. The van der Waals surface area contributed by atoms with Gasteiger partial charge in [0.05, 0.1) is 6.61 Å². The zero-order chi connectivity index (χ0) is 14.3. The maximum atomic E-state index is 13.0. The molecule has 1 rings (SSSR count). The van der Waals surface area contributed by atoms with Gasteiger partial charge in [0.1, 0.15) is 12.4 Å². The molecule has 0 atom stereocenters. The Kier molecular flexibility index (Phi) is 5.78. The Bertz CT molecular complexity index is 451. The van der Waals surface area contributed by atoms with Crippen LogP contribution in [-0.4, -0.2) is 37.1 Å². The van der Waals surface area contributed by atoms with Crippen LogP contribution < -0.4 is 5.32 Å². The maximum Gasteiger partial charge on any atom is 0.325 e. The molecule has 0 aliphatic rings. The predicted molar refractivity (Wildman–Crippen MR) is 67.9 cm³/mol. The fourth-order valence-electron chi connectivity index (χ4n) is 1.48. The minimum atomic E-state index is -0.491. The fraction of sp³-hybridized carbons (Fsp3) is 0.385. The van der Waals surface area contributed by atoms with Crippen LogP contribution in [0.15, 0.2) is 24.3 Å². The highest BCUT2D eigenvalue weighted by Crippen LogP contribution is 2.06. The Morgan fingerprint density at radius 2 is 2.16 bits per heavy atom. The molecule has 2 amide bonds. The molecule has 0 aromatic heterocycles. The topological polar surface area (TPSA) is 58.6 Å². The predicted octanol–water partition coefficient (Wildman–Crippen LogP) is 1.53. The van der Waals surface area contributed by atoms with Crippen molar-refractivity contribution < 1.29 is 18.7 Å². The summed E-state index contributed by atoms with van der Waals surface area (Å²) in [6.07, 6.45) is 0. The van der Waals surface area contributed by atoms with Crippen molar-refractivity contribution in [3.05, 3.63) is 35.6 Å². The molecule has 5 nitrogen and oxygen atoms in total. The van der Waals surface area contributed by atoms with E-state index in [-0.39, 0.29) is 25.5 Å². The number of halogens is 1. The summed E-state index contributed by atoms with van der Waals surface area (Å²) < 4.78 is 17.7. The van der Waals surface area contributed by atoms with Crippen LogP contribution in [0.4, 0.5) is 9.18 Å². The molecule has 19 heavy (non-hydrogen) atoms. The van der Waals surface area contributed by atoms with Crippen LogP contribution in [0.1, 0.15) is 12.5 Å². The molecule has 0 heterocycles. The van der Waals surface area contributed by atoms with Crippen LogP contribution in [0.2, 0.25) is 0 Å². The molecule has 0 saturated heterocycles. The summed E-state index contributed by atoms with van der Waals surface area (Å²) in [6.45, 7) is 2.04. The van der Waals surface area contributed by atoms with Crippen LogP contribution in [0, 0.1) is 5.82 Å². The van der Waals surface area contributed by atoms with Gasteiger partial charge in [-0.25, -0.2) is 9.18 Å². The van der Waals surface area contributed by atoms with Gasteiger partial charge >= 0.3 is 12.0 Å². The zero-order valence-corrected chi connectivity index (χ0v) is 11.0. The van der Waals surface area contributed by atoms with Crippen LogP contribution in [0.3, 0.4) is 0 Å². The Hall–Kier alpha value is -2.11. The summed E-state index contributed by atoms with van der Waals surface area (Å²) in [5.74, 6) is -0.840. The maximum absolute atomic E-state index is 13.0. The molecule has 0 fully saturated rings. The van der Waals surface area contributed by atoms with Crippen LogP contribution in [-0.2, 0) is 16.1 Å². The number of hydrogen-bond acceptors (Lipinski definition) is 3. The van der Waals surface area contributed by atoms with Crippen molar-refractivity contribution in [1.29, 1.82) is 0 Å². The van der Waals surface area contributed by atoms with Gasteiger partial charge in [-0.2, -0.15) is 0 Å². The van der Waals surface area contributed by atoms with Crippen molar-refractivity contribution in [2.45, 2.75) is 13.5 Å². The average Bonchev–Trinajstić information content (AvgIpc) is 2.36. The Labute approximate surface area is 111 Å². The monoisotopic (exact) mass is 268 g/mol. The van der Waals surface area contributed by atoms with E-state index in [1.807, 2.05) is 0 Å². The highest BCUT2D eigenvalue weighted by Gasteiger charge is 2.11. The second kappa shape index (κ2) is 7.35. The molecule has 1 N–H and O–H groups in total. The van der Waals surface area contributed by atoms with Crippen LogP contribution >= 0.6 is 0 Å². The van der Waals surface area contributed by atoms with E-state index in [2.05, 4.69) is 10.1 Å². The highest BCUT2D eigenvalue weighted by molar-refractivity contribution is 5.80. The first-order valence-corrected chi connectivity index (χ1v) is 5.92. The van der Waals surface area contributed by atoms with Gasteiger partial charge in [0, 0.05) is 13.6 Å². The van der Waals surface area contributed by atoms with E-state index in [0.717, 1.165) is 0 Å². The molecule has 0 unspecified atom stereocenters. The van der Waals surface area contributed by atoms with Crippen molar-refractivity contribution in [3.8, 4) is 0 Å². The van der Waals surface area contributed by atoms with Crippen molar-refractivity contribution in [2.24, 2.45) is 0 Å². The Balaban J connectivity index is 2.42. The number of carbonyl (C=O) groups excluding carboxylic acids is 2. The SMILES string of the molecule is CCOC(=O)CNC(=O)N(C)Cc1cccc(F)c1. The first kappa shape index (κ1) is 14.9. The van der Waals surface area contributed by atoms with Crippen molar-refractivity contribution in [3.63, 3.8) is 0 Å². The molecule has 6 heteroatoms. The van der Waals surface area contributed by atoms with E-state index in [1.165, 1.54) is 17.0 Å². The van der Waals surface area contributed by atoms with Gasteiger partial charge in [0.2, 0.25) is 0 Å². The number of esters is 1. The minimum absolute atomic E-state index is 0.180. The van der Waals surface area contributed by atoms with Crippen molar-refractivity contribution in [1.82, 2.24) is 10.2 Å². The number of rotatable bonds is 5. The van der Waals surface area contributed by atoms with E-state index in [9.17, 15) is 14.0 Å².